The maximum atomic E-state index is 12.2. The molecular weight excluding hydrogens is 320 g/mol. The lowest BCUT2D eigenvalue weighted by atomic mass is 10.1. The maximum absolute atomic E-state index is 12.2. The molecule has 2 fully saturated rings. The Kier molecular flexibility index (Phi) is 5.55. The fraction of sp³-hybridized carbons (Fsp3) is 0.556. The van der Waals surface area contributed by atoms with E-state index in [0.717, 1.165) is 25.2 Å². The summed E-state index contributed by atoms with van der Waals surface area (Å²) in [5, 5.41) is 8.11. The molecule has 0 radical (unpaired) electrons. The molecule has 3 amide bonds. The molecule has 1 aromatic rings. The van der Waals surface area contributed by atoms with Crippen molar-refractivity contribution in [1.29, 1.82) is 0 Å². The molecule has 1 aromatic carbocycles. The van der Waals surface area contributed by atoms with E-state index in [2.05, 4.69) is 40.8 Å². The Labute approximate surface area is 148 Å². The van der Waals surface area contributed by atoms with E-state index in [-0.39, 0.29) is 24.1 Å². The summed E-state index contributed by atoms with van der Waals surface area (Å²) in [6.07, 6.45) is 0.461. The topological polar surface area (TPSA) is 82.7 Å². The van der Waals surface area contributed by atoms with E-state index in [1.807, 2.05) is 18.2 Å². The van der Waals surface area contributed by atoms with Crippen molar-refractivity contribution in [1.82, 2.24) is 20.9 Å². The first-order valence-corrected chi connectivity index (χ1v) is 8.78. The van der Waals surface area contributed by atoms with Crippen molar-refractivity contribution >= 4 is 11.9 Å². The van der Waals surface area contributed by atoms with Gasteiger partial charge in [0.1, 0.15) is 6.04 Å². The van der Waals surface area contributed by atoms with Crippen molar-refractivity contribution in [2.45, 2.75) is 45.2 Å². The Morgan fingerprint density at radius 3 is 2.56 bits per heavy atom. The Balaban J connectivity index is 1.59. The fourth-order valence-electron chi connectivity index (χ4n) is 3.46. The number of rotatable bonds is 5. The third kappa shape index (κ3) is 4.70. The molecule has 0 aromatic heterocycles. The Hall–Kier alpha value is -2.12. The van der Waals surface area contributed by atoms with Crippen molar-refractivity contribution in [2.24, 2.45) is 0 Å². The van der Waals surface area contributed by atoms with Gasteiger partial charge in [0.25, 0.3) is 0 Å². The zero-order valence-electron chi connectivity index (χ0n) is 14.7. The number of ether oxygens (including phenoxy) is 1. The highest BCUT2D eigenvalue weighted by atomic mass is 16.5. The highest BCUT2D eigenvalue weighted by molar-refractivity contribution is 5.90. The molecule has 2 aliphatic rings. The summed E-state index contributed by atoms with van der Waals surface area (Å²) in [6.45, 7) is 7.63. The fourth-order valence-corrected chi connectivity index (χ4v) is 3.46. The number of nitrogens with one attached hydrogen (secondary N) is 3. The van der Waals surface area contributed by atoms with Gasteiger partial charge < -0.3 is 20.7 Å². The molecule has 0 spiro atoms. The van der Waals surface area contributed by atoms with Crippen molar-refractivity contribution < 1.29 is 14.3 Å². The minimum Gasteiger partial charge on any atom is -0.373 e. The molecule has 136 valence electrons. The molecular formula is C18H26N4O3. The van der Waals surface area contributed by atoms with Crippen LogP contribution in [0.3, 0.4) is 0 Å². The van der Waals surface area contributed by atoms with Crippen LogP contribution in [0.1, 0.15) is 25.0 Å². The summed E-state index contributed by atoms with van der Waals surface area (Å²) in [4.78, 5) is 25.7. The van der Waals surface area contributed by atoms with Crippen LogP contribution in [0.2, 0.25) is 0 Å². The van der Waals surface area contributed by atoms with Crippen LogP contribution in [0.5, 0.6) is 0 Å². The summed E-state index contributed by atoms with van der Waals surface area (Å²) in [6, 6.07) is 7.35. The number of benzene rings is 1. The molecule has 2 aliphatic heterocycles. The first-order valence-electron chi connectivity index (χ1n) is 8.78. The van der Waals surface area contributed by atoms with Gasteiger partial charge in [-0.25, -0.2) is 4.79 Å². The van der Waals surface area contributed by atoms with E-state index >= 15 is 0 Å². The molecule has 2 heterocycles. The summed E-state index contributed by atoms with van der Waals surface area (Å²) in [5.41, 5.74) is 2.30. The molecule has 0 saturated carbocycles. The highest BCUT2D eigenvalue weighted by Gasteiger charge is 2.27. The van der Waals surface area contributed by atoms with Gasteiger partial charge in [0.2, 0.25) is 5.91 Å². The number of hydrogen-bond acceptors (Lipinski definition) is 4. The zero-order valence-corrected chi connectivity index (χ0v) is 14.7. The largest absolute Gasteiger partial charge is 0.373 e. The number of urea groups is 1. The van der Waals surface area contributed by atoms with Crippen LogP contribution in [-0.2, 0) is 22.6 Å². The predicted octanol–water partition coefficient (Wildman–Crippen LogP) is 0.593. The minimum atomic E-state index is -0.499. The van der Waals surface area contributed by atoms with Gasteiger partial charge in [0.05, 0.1) is 12.2 Å². The van der Waals surface area contributed by atoms with Gasteiger partial charge in [0, 0.05) is 32.7 Å². The third-order valence-corrected chi connectivity index (χ3v) is 4.55. The highest BCUT2D eigenvalue weighted by Crippen LogP contribution is 2.17. The first kappa shape index (κ1) is 17.7. The normalized spacial score (nSPS) is 26.8. The molecule has 0 bridgehead atoms. The monoisotopic (exact) mass is 346 g/mol. The Morgan fingerprint density at radius 2 is 1.92 bits per heavy atom. The molecule has 3 rings (SSSR count). The standard InChI is InChI=1S/C18H26N4O3/c1-12-9-22(10-13(2)25-12)11-15-6-4-3-5-14(15)7-19-17(23)16-8-20-18(24)21-16/h3-6,12-13,16H,7-11H2,1-2H3,(H,19,23)(H2,20,21,24)/t12-,13-,16-/m1/s1. The van der Waals surface area contributed by atoms with Crippen molar-refractivity contribution in [3.05, 3.63) is 35.4 Å². The summed E-state index contributed by atoms with van der Waals surface area (Å²) in [5.74, 6) is -0.165. The average molecular weight is 346 g/mol. The van der Waals surface area contributed by atoms with Crippen molar-refractivity contribution in [3.63, 3.8) is 0 Å². The predicted molar refractivity (Wildman–Crippen MR) is 93.9 cm³/mol. The molecule has 7 nitrogen and oxygen atoms in total. The summed E-state index contributed by atoms with van der Waals surface area (Å²) >= 11 is 0. The van der Waals surface area contributed by atoms with Gasteiger partial charge in [0.15, 0.2) is 0 Å². The van der Waals surface area contributed by atoms with Crippen LogP contribution in [-0.4, -0.2) is 54.7 Å². The molecule has 3 N–H and O–H groups in total. The van der Waals surface area contributed by atoms with Crippen LogP contribution in [0.15, 0.2) is 24.3 Å². The molecule has 7 heteroatoms. The second kappa shape index (κ2) is 7.84. The lowest BCUT2D eigenvalue weighted by Gasteiger charge is -2.35. The molecule has 2 saturated heterocycles. The van der Waals surface area contributed by atoms with Crippen LogP contribution in [0.4, 0.5) is 4.79 Å². The lowest BCUT2D eigenvalue weighted by Crippen LogP contribution is -2.45. The lowest BCUT2D eigenvalue weighted by molar-refractivity contribution is -0.122. The van der Waals surface area contributed by atoms with Gasteiger partial charge in [-0.05, 0) is 25.0 Å². The van der Waals surface area contributed by atoms with Crippen molar-refractivity contribution in [2.75, 3.05) is 19.6 Å². The van der Waals surface area contributed by atoms with Gasteiger partial charge in [-0.3, -0.25) is 9.69 Å². The van der Waals surface area contributed by atoms with E-state index in [0.29, 0.717) is 13.1 Å². The molecule has 3 atom stereocenters. The minimum absolute atomic E-state index is 0.165. The number of amides is 3. The SMILES string of the molecule is C[C@@H]1CN(Cc2ccccc2CNC(=O)[C@H]2CNC(=O)N2)C[C@@H](C)O1. The number of morpholine rings is 1. The van der Waals surface area contributed by atoms with E-state index < -0.39 is 6.04 Å². The van der Waals surface area contributed by atoms with E-state index in [4.69, 9.17) is 4.74 Å². The molecule has 0 aliphatic carbocycles. The Bertz CT molecular complexity index is 627. The third-order valence-electron chi connectivity index (χ3n) is 4.55. The summed E-state index contributed by atoms with van der Waals surface area (Å²) in [7, 11) is 0. The second-order valence-electron chi connectivity index (χ2n) is 6.84. The van der Waals surface area contributed by atoms with Crippen LogP contribution in [0, 0.1) is 0 Å². The van der Waals surface area contributed by atoms with Gasteiger partial charge in [-0.15, -0.1) is 0 Å². The Morgan fingerprint density at radius 1 is 1.24 bits per heavy atom. The summed E-state index contributed by atoms with van der Waals surface area (Å²) < 4.78 is 5.79. The maximum Gasteiger partial charge on any atom is 0.315 e. The average Bonchev–Trinajstić information content (AvgIpc) is 2.99. The second-order valence-corrected chi connectivity index (χ2v) is 6.84. The molecule has 25 heavy (non-hydrogen) atoms. The number of hydrogen-bond donors (Lipinski definition) is 3. The number of nitrogens with zero attached hydrogens (tertiary/aromatic N) is 1. The molecule has 0 unspecified atom stereocenters. The van der Waals surface area contributed by atoms with E-state index in [1.165, 1.54) is 5.56 Å². The number of carbonyl (C=O) groups excluding carboxylic acids is 2. The van der Waals surface area contributed by atoms with Gasteiger partial charge >= 0.3 is 6.03 Å². The van der Waals surface area contributed by atoms with Crippen LogP contribution >= 0.6 is 0 Å². The van der Waals surface area contributed by atoms with Crippen LogP contribution < -0.4 is 16.0 Å². The van der Waals surface area contributed by atoms with Gasteiger partial charge in [-0.2, -0.15) is 0 Å². The number of carbonyl (C=O) groups is 2. The first-order chi connectivity index (χ1) is 12.0. The van der Waals surface area contributed by atoms with E-state index in [9.17, 15) is 9.59 Å². The smallest absolute Gasteiger partial charge is 0.315 e. The zero-order chi connectivity index (χ0) is 17.8. The van der Waals surface area contributed by atoms with Crippen LogP contribution in [0.25, 0.3) is 0 Å². The van der Waals surface area contributed by atoms with E-state index in [1.54, 1.807) is 0 Å². The quantitative estimate of drug-likeness (QED) is 0.729. The van der Waals surface area contributed by atoms with Crippen molar-refractivity contribution in [3.8, 4) is 0 Å². The van der Waals surface area contributed by atoms with Gasteiger partial charge in [-0.1, -0.05) is 24.3 Å².